The molecule has 2 aliphatic carbocycles. The maximum atomic E-state index is 4.27. The molecule has 0 N–H and O–H groups in total. The van der Waals surface area contributed by atoms with Crippen LogP contribution >= 0.6 is 0 Å². The van der Waals surface area contributed by atoms with Crippen LogP contribution in [0.1, 0.15) is 48.9 Å². The van der Waals surface area contributed by atoms with E-state index in [9.17, 15) is 0 Å². The molecule has 0 radical (unpaired) electrons. The monoisotopic (exact) mass is 262 g/mol. The van der Waals surface area contributed by atoms with E-state index in [-0.39, 0.29) is 0 Å². The number of allylic oxidation sites excluding steroid dienone is 5. The average Bonchev–Trinajstić information content (AvgIpc) is 2.75. The summed E-state index contributed by atoms with van der Waals surface area (Å²) in [6.45, 7) is 12.6. The second-order valence-electron chi connectivity index (χ2n) is 6.21. The third kappa shape index (κ3) is 2.31. The SMILES string of the molecule is C=C(C)CCC1=Cc2cc3c(cc2CC1=C)CC=C3C. The Morgan fingerprint density at radius 1 is 1.25 bits per heavy atom. The number of rotatable bonds is 3. The summed E-state index contributed by atoms with van der Waals surface area (Å²) in [5, 5.41) is 0. The Morgan fingerprint density at radius 3 is 2.80 bits per heavy atom. The summed E-state index contributed by atoms with van der Waals surface area (Å²) in [6, 6.07) is 4.76. The van der Waals surface area contributed by atoms with E-state index >= 15 is 0 Å². The van der Waals surface area contributed by atoms with Crippen molar-refractivity contribution in [2.45, 2.75) is 39.5 Å². The minimum absolute atomic E-state index is 1.00. The molecular formula is C20H22. The van der Waals surface area contributed by atoms with Gasteiger partial charge < -0.3 is 0 Å². The summed E-state index contributed by atoms with van der Waals surface area (Å²) in [6.07, 6.45) is 8.90. The number of benzene rings is 1. The Labute approximate surface area is 122 Å². The lowest BCUT2D eigenvalue weighted by atomic mass is 9.84. The van der Waals surface area contributed by atoms with Crippen LogP contribution in [0.25, 0.3) is 11.6 Å². The van der Waals surface area contributed by atoms with E-state index in [1.807, 2.05) is 0 Å². The van der Waals surface area contributed by atoms with E-state index in [1.165, 1.54) is 44.5 Å². The largest absolute Gasteiger partial charge is 0.100 e. The van der Waals surface area contributed by atoms with Crippen molar-refractivity contribution in [1.82, 2.24) is 0 Å². The first-order valence-corrected chi connectivity index (χ1v) is 7.40. The lowest BCUT2D eigenvalue weighted by Gasteiger charge is -2.21. The Balaban J connectivity index is 1.97. The normalized spacial score (nSPS) is 16.4. The van der Waals surface area contributed by atoms with Crippen LogP contribution in [-0.4, -0.2) is 0 Å². The molecule has 1 aromatic rings. The smallest absolute Gasteiger partial charge is 0.00229 e. The molecule has 0 bridgehead atoms. The van der Waals surface area contributed by atoms with Gasteiger partial charge in [0.1, 0.15) is 0 Å². The lowest BCUT2D eigenvalue weighted by molar-refractivity contribution is 0.920. The third-order valence-corrected chi connectivity index (χ3v) is 4.43. The molecule has 0 atom stereocenters. The zero-order valence-corrected chi connectivity index (χ0v) is 12.6. The Bertz CT molecular complexity index is 666. The molecular weight excluding hydrogens is 240 g/mol. The van der Waals surface area contributed by atoms with Crippen molar-refractivity contribution < 1.29 is 0 Å². The quantitative estimate of drug-likeness (QED) is 0.631. The van der Waals surface area contributed by atoms with Gasteiger partial charge in [-0.25, -0.2) is 0 Å². The Hall–Kier alpha value is -1.82. The zero-order valence-electron chi connectivity index (χ0n) is 12.6. The van der Waals surface area contributed by atoms with Crippen molar-refractivity contribution >= 4 is 11.6 Å². The van der Waals surface area contributed by atoms with Gasteiger partial charge in [-0.3, -0.25) is 0 Å². The maximum Gasteiger partial charge on any atom is -0.00229 e. The van der Waals surface area contributed by atoms with E-state index in [4.69, 9.17) is 0 Å². The van der Waals surface area contributed by atoms with Crippen molar-refractivity contribution in [1.29, 1.82) is 0 Å². The summed E-state index contributed by atoms with van der Waals surface area (Å²) in [5.41, 5.74) is 11.1. The summed E-state index contributed by atoms with van der Waals surface area (Å²) in [7, 11) is 0. The standard InChI is InChI=1S/C20H22/c1-13(2)5-7-16-10-19-12-20-14(3)6-8-17(20)11-18(19)9-15(16)4/h6,10-12H,1,4-5,7-9H2,2-3H3. The van der Waals surface area contributed by atoms with Gasteiger partial charge in [0.2, 0.25) is 0 Å². The minimum atomic E-state index is 1.00. The summed E-state index contributed by atoms with van der Waals surface area (Å²) in [4.78, 5) is 0. The molecule has 3 rings (SSSR count). The van der Waals surface area contributed by atoms with Gasteiger partial charge in [-0.05, 0) is 84.6 Å². The molecule has 0 heteroatoms. The highest BCUT2D eigenvalue weighted by Crippen LogP contribution is 2.36. The molecule has 0 fully saturated rings. The van der Waals surface area contributed by atoms with Crippen molar-refractivity contribution in [2.75, 3.05) is 0 Å². The minimum Gasteiger partial charge on any atom is -0.100 e. The van der Waals surface area contributed by atoms with Gasteiger partial charge in [0, 0.05) is 0 Å². The predicted molar refractivity (Wildman–Crippen MR) is 88.7 cm³/mol. The molecule has 20 heavy (non-hydrogen) atoms. The molecule has 0 heterocycles. The van der Waals surface area contributed by atoms with Gasteiger partial charge in [-0.1, -0.05) is 30.4 Å². The van der Waals surface area contributed by atoms with Crippen LogP contribution in [-0.2, 0) is 12.8 Å². The van der Waals surface area contributed by atoms with Crippen LogP contribution in [0.3, 0.4) is 0 Å². The topological polar surface area (TPSA) is 0 Å². The summed E-state index contributed by atoms with van der Waals surface area (Å²) >= 11 is 0. The van der Waals surface area contributed by atoms with E-state index < -0.39 is 0 Å². The molecule has 2 aliphatic rings. The number of fused-ring (bicyclic) bond motifs is 2. The van der Waals surface area contributed by atoms with Crippen LogP contribution in [0.5, 0.6) is 0 Å². The fourth-order valence-corrected chi connectivity index (χ4v) is 3.14. The lowest BCUT2D eigenvalue weighted by Crippen LogP contribution is -2.04. The summed E-state index contributed by atoms with van der Waals surface area (Å²) < 4.78 is 0. The molecule has 0 saturated carbocycles. The molecule has 0 unspecified atom stereocenters. The Kier molecular flexibility index (Phi) is 3.25. The van der Waals surface area contributed by atoms with Crippen molar-refractivity contribution in [3.8, 4) is 0 Å². The van der Waals surface area contributed by atoms with Crippen LogP contribution in [0.2, 0.25) is 0 Å². The fraction of sp³-hybridized carbons (Fsp3) is 0.300. The summed E-state index contributed by atoms with van der Waals surface area (Å²) in [5.74, 6) is 0. The van der Waals surface area contributed by atoms with Crippen molar-refractivity contribution in [3.63, 3.8) is 0 Å². The second-order valence-corrected chi connectivity index (χ2v) is 6.21. The van der Waals surface area contributed by atoms with Gasteiger partial charge >= 0.3 is 0 Å². The first-order chi connectivity index (χ1) is 9.54. The van der Waals surface area contributed by atoms with E-state index in [0.29, 0.717) is 0 Å². The molecule has 102 valence electrons. The van der Waals surface area contributed by atoms with Gasteiger partial charge in [0.15, 0.2) is 0 Å². The highest BCUT2D eigenvalue weighted by Gasteiger charge is 2.18. The van der Waals surface area contributed by atoms with Gasteiger partial charge in [0.05, 0.1) is 0 Å². The van der Waals surface area contributed by atoms with Crippen LogP contribution in [0, 0.1) is 0 Å². The maximum absolute atomic E-state index is 4.27. The molecule has 0 spiro atoms. The first-order valence-electron chi connectivity index (χ1n) is 7.40. The van der Waals surface area contributed by atoms with Crippen LogP contribution < -0.4 is 0 Å². The molecule has 0 amide bonds. The molecule has 0 saturated heterocycles. The highest BCUT2D eigenvalue weighted by molar-refractivity contribution is 5.77. The zero-order chi connectivity index (χ0) is 14.3. The van der Waals surface area contributed by atoms with E-state index in [2.05, 4.69) is 51.3 Å². The molecule has 0 aliphatic heterocycles. The van der Waals surface area contributed by atoms with E-state index in [1.54, 1.807) is 0 Å². The molecule has 1 aromatic carbocycles. The number of hydrogen-bond donors (Lipinski definition) is 0. The van der Waals surface area contributed by atoms with Gasteiger partial charge in [-0.2, -0.15) is 0 Å². The Morgan fingerprint density at radius 2 is 2.05 bits per heavy atom. The predicted octanol–water partition coefficient (Wildman–Crippen LogP) is 5.50. The highest BCUT2D eigenvalue weighted by atomic mass is 14.2. The van der Waals surface area contributed by atoms with Gasteiger partial charge in [0.25, 0.3) is 0 Å². The van der Waals surface area contributed by atoms with E-state index in [0.717, 1.165) is 25.7 Å². The first kappa shape index (κ1) is 13.2. The number of hydrogen-bond acceptors (Lipinski definition) is 0. The molecule has 0 nitrogen and oxygen atoms in total. The third-order valence-electron chi connectivity index (χ3n) is 4.43. The van der Waals surface area contributed by atoms with Gasteiger partial charge in [-0.15, -0.1) is 6.58 Å². The molecule has 0 aromatic heterocycles. The second kappa shape index (κ2) is 4.94. The van der Waals surface area contributed by atoms with Crippen LogP contribution in [0.15, 0.2) is 48.1 Å². The van der Waals surface area contributed by atoms with Crippen molar-refractivity contribution in [2.24, 2.45) is 0 Å². The fourth-order valence-electron chi connectivity index (χ4n) is 3.14. The van der Waals surface area contributed by atoms with Crippen LogP contribution in [0.4, 0.5) is 0 Å². The van der Waals surface area contributed by atoms with Crippen molar-refractivity contribution in [3.05, 3.63) is 70.3 Å². The average molecular weight is 262 g/mol.